The first kappa shape index (κ1) is 67.5. The Morgan fingerprint density at radius 3 is 1.39 bits per heavy atom. The Labute approximate surface area is 556 Å². The maximum atomic E-state index is 11.7. The number of aromatic nitrogens is 12. The van der Waals surface area contributed by atoms with Crippen LogP contribution < -0.4 is 21.3 Å². The van der Waals surface area contributed by atoms with Crippen LogP contribution in [-0.4, -0.2) is 122 Å². The summed E-state index contributed by atoms with van der Waals surface area (Å²) in [5, 5.41) is 86.9. The van der Waals surface area contributed by atoms with Gasteiger partial charge in [0.1, 0.15) is 5.69 Å². The molecule has 0 aliphatic rings. The smallest absolute Gasteiger partial charge is 0.412 e. The predicted molar refractivity (Wildman–Crippen MR) is 357 cm³/mol. The number of ether oxygens (including phenoxy) is 2. The fraction of sp³-hybridized carbons (Fsp3) is 0.143. The first-order chi connectivity index (χ1) is 46.2. The van der Waals surface area contributed by atoms with E-state index in [1.54, 1.807) is 49.9 Å². The van der Waals surface area contributed by atoms with Crippen LogP contribution in [0.2, 0.25) is 5.15 Å². The molecule has 0 aliphatic carbocycles. The van der Waals surface area contributed by atoms with Crippen molar-refractivity contribution in [3.05, 3.63) is 121 Å². The average Bonchev–Trinajstić information content (AvgIpc) is 1.93. The van der Waals surface area contributed by atoms with Crippen molar-refractivity contribution in [2.75, 3.05) is 36.2 Å². The topological polar surface area (TPSA) is 465 Å². The number of carbonyl (C=O) groups excluding carboxylic acids is 3. The molecule has 12 aromatic heterocycles. The molecule has 482 valence electrons. The van der Waals surface area contributed by atoms with E-state index < -0.39 is 12.1 Å². The summed E-state index contributed by atoms with van der Waals surface area (Å²) in [5.74, 6) is -0.190. The SMILES string of the molecule is CCCNC(=O)Nc1nc(N=Nc2snc3ncccc23)ccc1O.CCOC=Nc1cc(O)c(NC(=O)CC)nc1N=Nc1snc2ncccc12.COC(=O)Nc1nc(N=Nc2snc3ncccc23)ccc1O.Oc1ccc(N=Nc2snc3ncccc23)nc1Cl. The molecule has 0 saturated carbocycles. The van der Waals surface area contributed by atoms with Crippen molar-refractivity contribution >= 4 is 193 Å². The highest BCUT2D eigenvalue weighted by molar-refractivity contribution is 7.12. The molecular weight excluding hydrogens is 1330 g/mol. The highest BCUT2D eigenvalue weighted by Gasteiger charge is 2.16. The van der Waals surface area contributed by atoms with E-state index in [1.165, 1.54) is 79.0 Å². The van der Waals surface area contributed by atoms with Gasteiger partial charge in [0.2, 0.25) is 11.7 Å². The van der Waals surface area contributed by atoms with Gasteiger partial charge in [-0.3, -0.25) is 15.4 Å². The predicted octanol–water partition coefficient (Wildman–Crippen LogP) is 15.2. The molecule has 12 heterocycles. The summed E-state index contributed by atoms with van der Waals surface area (Å²) >= 11 is 10.4. The second-order valence-electron chi connectivity index (χ2n) is 18.1. The summed E-state index contributed by atoms with van der Waals surface area (Å²) in [6.07, 6.45) is 8.15. The Hall–Kier alpha value is -11.9. The summed E-state index contributed by atoms with van der Waals surface area (Å²) in [5.41, 5.74) is 2.65. The zero-order valence-corrected chi connectivity index (χ0v) is 53.6. The van der Waals surface area contributed by atoms with E-state index >= 15 is 0 Å². The van der Waals surface area contributed by atoms with Gasteiger partial charge in [-0.1, -0.05) is 25.4 Å². The highest BCUT2D eigenvalue weighted by atomic mass is 35.5. The Bertz CT molecular complexity index is 4840. The van der Waals surface area contributed by atoms with Gasteiger partial charge in [-0.2, -0.15) is 17.5 Å². The lowest BCUT2D eigenvalue weighted by Gasteiger charge is -2.07. The molecule has 34 nitrogen and oxygen atoms in total. The Morgan fingerprint density at radius 2 is 0.958 bits per heavy atom. The minimum atomic E-state index is -0.749. The number of halogens is 1. The number of anilines is 3. The van der Waals surface area contributed by atoms with Crippen LogP contribution in [0, 0.1) is 0 Å². The van der Waals surface area contributed by atoms with Crippen molar-refractivity contribution in [3.63, 3.8) is 0 Å². The lowest BCUT2D eigenvalue weighted by atomic mass is 10.3. The summed E-state index contributed by atoms with van der Waals surface area (Å²) < 4.78 is 26.2. The van der Waals surface area contributed by atoms with Gasteiger partial charge in [-0.25, -0.2) is 54.5 Å². The summed E-state index contributed by atoms with van der Waals surface area (Å²) in [7, 11) is 1.21. The average molecular weight is 1380 g/mol. The van der Waals surface area contributed by atoms with E-state index in [-0.39, 0.29) is 81.1 Å². The van der Waals surface area contributed by atoms with Gasteiger partial charge < -0.3 is 40.5 Å². The number of methoxy groups -OCH3 is 1. The fourth-order valence-corrected chi connectivity index (χ4v) is 9.85. The zero-order valence-electron chi connectivity index (χ0n) is 49.6. The standard InChI is InChI=1S/C17H17N7O3S.C15H15N7O2S.C13H10N6O3S.C11H6ClN5OS/c1-3-13(26)20-16-12(25)8-11(19-9-27-4-2)15(21-16)22-23-17-10-6-5-7-18-14(10)24-28-17;1-2-7-17-15(24)19-13-10(23)5-6-11(18-13)20-21-14-9-4-3-8-16-12(9)22-25-14;1-22-13(21)16-11-8(20)4-5-9(15-11)17-18-12-7-3-2-6-14-10(7)19-23-12;12-9-7(18)3-4-8(14-9)15-16-11-6-2-1-5-13-10(6)17-19-11/h5-9,25H,3-4H2,1-2H3,(H,20,21,26);3-6,8,23H,2,7H2,1H3,(H2,17,18,19,24);2-6,20H,1H3,(H,15,16,21);1-5,18H. The number of rotatable bonds is 17. The lowest BCUT2D eigenvalue weighted by molar-refractivity contribution is -0.115. The van der Waals surface area contributed by atoms with E-state index in [9.17, 15) is 34.8 Å². The number of pyridine rings is 8. The number of hydrogen-bond donors (Lipinski definition) is 8. The largest absolute Gasteiger partial charge is 0.505 e. The molecule has 95 heavy (non-hydrogen) atoms. The van der Waals surface area contributed by atoms with Crippen LogP contribution >= 0.6 is 57.7 Å². The maximum absolute atomic E-state index is 11.7. The van der Waals surface area contributed by atoms with Crippen LogP contribution in [0.4, 0.5) is 76.0 Å². The monoisotopic (exact) mass is 1380 g/mol. The molecule has 0 radical (unpaired) electrons. The molecule has 12 aromatic rings. The van der Waals surface area contributed by atoms with E-state index in [0.29, 0.717) is 61.6 Å². The molecule has 39 heteroatoms. The minimum absolute atomic E-state index is 0.00715. The van der Waals surface area contributed by atoms with Crippen molar-refractivity contribution in [2.45, 2.75) is 33.6 Å². The van der Waals surface area contributed by atoms with E-state index in [0.717, 1.165) is 51.0 Å². The van der Waals surface area contributed by atoms with Crippen LogP contribution in [0.15, 0.2) is 162 Å². The summed E-state index contributed by atoms with van der Waals surface area (Å²) in [4.78, 5) is 71.3. The Balaban J connectivity index is 0.000000150. The molecule has 0 bridgehead atoms. The number of aromatic hydroxyl groups is 4. The molecule has 0 spiro atoms. The number of hydrogen-bond acceptors (Lipinski definition) is 34. The third kappa shape index (κ3) is 18.7. The number of urea groups is 1. The normalized spacial score (nSPS) is 11.3. The van der Waals surface area contributed by atoms with Crippen molar-refractivity contribution in [3.8, 4) is 23.0 Å². The van der Waals surface area contributed by atoms with Gasteiger partial charge >= 0.3 is 12.1 Å². The molecule has 0 aromatic carbocycles. The second-order valence-corrected chi connectivity index (χ2v) is 21.5. The van der Waals surface area contributed by atoms with Crippen LogP contribution in [0.5, 0.6) is 23.0 Å². The molecule has 0 unspecified atom stereocenters. The number of nitrogens with one attached hydrogen (secondary N) is 4. The first-order valence-electron chi connectivity index (χ1n) is 27.5. The number of azo groups is 4. The van der Waals surface area contributed by atoms with Gasteiger partial charge in [-0.05, 0) is 144 Å². The fourth-order valence-electron chi connectivity index (χ4n) is 7.08. The molecule has 0 fully saturated rings. The van der Waals surface area contributed by atoms with Crippen molar-refractivity contribution in [1.29, 1.82) is 0 Å². The van der Waals surface area contributed by atoms with Gasteiger partial charge in [0.05, 0.1) is 35.3 Å². The zero-order chi connectivity index (χ0) is 67.1. The quantitative estimate of drug-likeness (QED) is 0.0182. The lowest BCUT2D eigenvalue weighted by Crippen LogP contribution is -2.29. The molecule has 0 aliphatic heterocycles. The molecule has 12 rings (SSSR count). The van der Waals surface area contributed by atoms with Crippen molar-refractivity contribution < 1.29 is 44.3 Å². The van der Waals surface area contributed by atoms with E-state index in [2.05, 4.69) is 129 Å². The number of carbonyl (C=O) groups is 3. The van der Waals surface area contributed by atoms with Crippen molar-refractivity contribution in [1.82, 2.24) is 62.7 Å². The van der Waals surface area contributed by atoms with E-state index in [4.69, 9.17) is 16.3 Å². The van der Waals surface area contributed by atoms with Gasteiger partial charge in [0, 0.05) is 43.8 Å². The van der Waals surface area contributed by atoms with Crippen LogP contribution in [0.25, 0.3) is 44.1 Å². The molecular formula is C56H48ClN25O9S4. The molecule has 8 N–H and O–H groups in total. The third-order valence-electron chi connectivity index (χ3n) is 11.6. The van der Waals surface area contributed by atoms with Gasteiger partial charge in [0.25, 0.3) is 0 Å². The van der Waals surface area contributed by atoms with E-state index in [1.807, 2.05) is 44.2 Å². The summed E-state index contributed by atoms with van der Waals surface area (Å²) in [6.45, 7) is 6.41. The Kier molecular flexibility index (Phi) is 23.8. The van der Waals surface area contributed by atoms with Crippen molar-refractivity contribution in [2.24, 2.45) is 45.9 Å². The number of amides is 4. The van der Waals surface area contributed by atoms with Crippen LogP contribution in [-0.2, 0) is 14.3 Å². The number of fused-ring (bicyclic) bond motifs is 4. The van der Waals surface area contributed by atoms with Gasteiger partial charge in [-0.15, -0.1) is 40.9 Å². The second kappa shape index (κ2) is 33.4. The minimum Gasteiger partial charge on any atom is -0.505 e. The summed E-state index contributed by atoms with van der Waals surface area (Å²) in [6, 6.07) is 24.1. The third-order valence-corrected chi connectivity index (χ3v) is 14.8. The van der Waals surface area contributed by atoms with Crippen LogP contribution in [0.3, 0.4) is 0 Å². The van der Waals surface area contributed by atoms with Gasteiger partial charge in [0.15, 0.2) is 112 Å². The molecule has 0 saturated heterocycles. The van der Waals surface area contributed by atoms with Crippen LogP contribution in [0.1, 0.15) is 33.6 Å². The number of aliphatic imine (C=N–C) groups is 1. The molecule has 0 atom stereocenters. The Morgan fingerprint density at radius 1 is 0.526 bits per heavy atom. The highest BCUT2D eigenvalue weighted by Crippen LogP contribution is 2.39. The number of nitrogens with zero attached hydrogens (tertiary/aromatic N) is 21. The first-order valence-corrected chi connectivity index (χ1v) is 31.0. The maximum Gasteiger partial charge on any atom is 0.412 e. The molecule has 4 amide bonds.